The Morgan fingerprint density at radius 2 is 1.69 bits per heavy atom. The summed E-state index contributed by atoms with van der Waals surface area (Å²) >= 11 is 0. The number of nitrogens with one attached hydrogen (secondary N) is 2. The van der Waals surface area contributed by atoms with E-state index in [1.54, 1.807) is 6.20 Å². The lowest BCUT2D eigenvalue weighted by Crippen LogP contribution is -2.17. The first-order valence-electron chi connectivity index (χ1n) is 8.47. The van der Waals surface area contributed by atoms with Gasteiger partial charge in [0.05, 0.1) is 17.6 Å². The largest absolute Gasteiger partial charge is 0.455 e. The van der Waals surface area contributed by atoms with Gasteiger partial charge in [-0.1, -0.05) is 44.2 Å². The fourth-order valence-corrected chi connectivity index (χ4v) is 2.24. The van der Waals surface area contributed by atoms with Crippen molar-refractivity contribution in [3.8, 4) is 11.5 Å². The summed E-state index contributed by atoms with van der Waals surface area (Å²) < 4.78 is 5.94. The second-order valence-corrected chi connectivity index (χ2v) is 6.11. The predicted octanol–water partition coefficient (Wildman–Crippen LogP) is 5.21. The lowest BCUT2D eigenvalue weighted by molar-refractivity contribution is -0.118. The number of anilines is 3. The second-order valence-electron chi connectivity index (χ2n) is 6.11. The minimum Gasteiger partial charge on any atom is -0.455 e. The van der Waals surface area contributed by atoms with Gasteiger partial charge in [-0.2, -0.15) is 0 Å². The average molecular weight is 347 g/mol. The van der Waals surface area contributed by atoms with Crippen molar-refractivity contribution in [1.82, 2.24) is 4.98 Å². The SMILES string of the molecule is CC(C)C(=O)Nc1ccc(Nc2ccccc2Oc2ccccc2)nc1. The number of rotatable bonds is 6. The maximum absolute atomic E-state index is 11.7. The molecule has 0 fully saturated rings. The van der Waals surface area contributed by atoms with Gasteiger partial charge < -0.3 is 15.4 Å². The maximum Gasteiger partial charge on any atom is 0.226 e. The third-order valence-corrected chi connectivity index (χ3v) is 3.68. The van der Waals surface area contributed by atoms with Crippen LogP contribution in [-0.4, -0.2) is 10.9 Å². The Morgan fingerprint density at radius 1 is 0.962 bits per heavy atom. The van der Waals surface area contributed by atoms with Crippen LogP contribution in [0.25, 0.3) is 0 Å². The molecule has 0 saturated heterocycles. The highest BCUT2D eigenvalue weighted by Gasteiger charge is 2.08. The standard InChI is InChI=1S/C21H21N3O2/c1-15(2)21(25)23-16-12-13-20(22-14-16)24-18-10-6-7-11-19(18)26-17-8-4-3-5-9-17/h3-15H,1-2H3,(H,22,24)(H,23,25). The van der Waals surface area contributed by atoms with Crippen LogP contribution in [0.15, 0.2) is 72.9 Å². The van der Waals surface area contributed by atoms with Gasteiger partial charge in [0.2, 0.25) is 5.91 Å². The van der Waals surface area contributed by atoms with E-state index in [2.05, 4.69) is 15.6 Å². The van der Waals surface area contributed by atoms with Crippen molar-refractivity contribution in [3.63, 3.8) is 0 Å². The summed E-state index contributed by atoms with van der Waals surface area (Å²) in [7, 11) is 0. The maximum atomic E-state index is 11.7. The highest BCUT2D eigenvalue weighted by Crippen LogP contribution is 2.31. The number of amides is 1. The van der Waals surface area contributed by atoms with Gasteiger partial charge in [0.25, 0.3) is 0 Å². The van der Waals surface area contributed by atoms with Crippen LogP contribution >= 0.6 is 0 Å². The van der Waals surface area contributed by atoms with Crippen LogP contribution in [-0.2, 0) is 4.79 Å². The molecule has 0 atom stereocenters. The van der Waals surface area contributed by atoms with E-state index in [1.165, 1.54) is 0 Å². The van der Waals surface area contributed by atoms with Crippen molar-refractivity contribution in [2.24, 2.45) is 5.92 Å². The Morgan fingerprint density at radius 3 is 2.38 bits per heavy atom. The quantitative estimate of drug-likeness (QED) is 0.642. The third kappa shape index (κ3) is 4.60. The van der Waals surface area contributed by atoms with Crippen molar-refractivity contribution in [1.29, 1.82) is 0 Å². The van der Waals surface area contributed by atoms with Gasteiger partial charge in [0, 0.05) is 5.92 Å². The molecule has 0 aliphatic heterocycles. The summed E-state index contributed by atoms with van der Waals surface area (Å²) in [6.07, 6.45) is 1.63. The number of nitrogens with zero attached hydrogens (tertiary/aromatic N) is 1. The van der Waals surface area contributed by atoms with E-state index in [4.69, 9.17) is 4.74 Å². The number of ether oxygens (including phenoxy) is 1. The molecule has 0 radical (unpaired) electrons. The van der Waals surface area contributed by atoms with Crippen molar-refractivity contribution in [2.75, 3.05) is 10.6 Å². The van der Waals surface area contributed by atoms with E-state index in [0.29, 0.717) is 17.3 Å². The molecule has 1 aromatic heterocycles. The fourth-order valence-electron chi connectivity index (χ4n) is 2.24. The highest BCUT2D eigenvalue weighted by molar-refractivity contribution is 5.92. The van der Waals surface area contributed by atoms with Crippen LogP contribution in [0.3, 0.4) is 0 Å². The summed E-state index contributed by atoms with van der Waals surface area (Å²) in [5, 5.41) is 6.07. The summed E-state index contributed by atoms with van der Waals surface area (Å²) in [6.45, 7) is 3.70. The van der Waals surface area contributed by atoms with Crippen LogP contribution in [0.4, 0.5) is 17.2 Å². The molecule has 0 aliphatic rings. The predicted molar refractivity (Wildman–Crippen MR) is 104 cm³/mol. The number of carbonyl (C=O) groups excluding carboxylic acids is 1. The molecule has 5 nitrogen and oxygen atoms in total. The molecular formula is C21H21N3O2. The Balaban J connectivity index is 1.72. The second kappa shape index (κ2) is 8.16. The number of aromatic nitrogens is 1. The van der Waals surface area contributed by atoms with Crippen molar-refractivity contribution in [3.05, 3.63) is 72.9 Å². The Bertz CT molecular complexity index is 862. The number of benzene rings is 2. The smallest absolute Gasteiger partial charge is 0.226 e. The van der Waals surface area contributed by atoms with E-state index < -0.39 is 0 Å². The Hall–Kier alpha value is -3.34. The van der Waals surface area contributed by atoms with Gasteiger partial charge in [-0.3, -0.25) is 4.79 Å². The lowest BCUT2D eigenvalue weighted by atomic mass is 10.2. The Kier molecular flexibility index (Phi) is 5.49. The summed E-state index contributed by atoms with van der Waals surface area (Å²) in [6, 6.07) is 20.9. The van der Waals surface area contributed by atoms with Gasteiger partial charge in [0.15, 0.2) is 5.75 Å². The van der Waals surface area contributed by atoms with Gasteiger partial charge >= 0.3 is 0 Å². The van der Waals surface area contributed by atoms with Gasteiger partial charge in [-0.15, -0.1) is 0 Å². The van der Waals surface area contributed by atoms with Crippen LogP contribution in [0.1, 0.15) is 13.8 Å². The van der Waals surface area contributed by atoms with E-state index in [0.717, 1.165) is 11.4 Å². The molecule has 3 rings (SSSR count). The zero-order chi connectivity index (χ0) is 18.4. The third-order valence-electron chi connectivity index (χ3n) is 3.68. The molecule has 26 heavy (non-hydrogen) atoms. The molecule has 0 aliphatic carbocycles. The summed E-state index contributed by atoms with van der Waals surface area (Å²) in [4.78, 5) is 16.1. The van der Waals surface area contributed by atoms with E-state index in [-0.39, 0.29) is 11.8 Å². The molecule has 0 unspecified atom stereocenters. The highest BCUT2D eigenvalue weighted by atomic mass is 16.5. The molecule has 0 saturated carbocycles. The first-order chi connectivity index (χ1) is 12.6. The van der Waals surface area contributed by atoms with Crippen molar-refractivity contribution in [2.45, 2.75) is 13.8 Å². The molecule has 1 amide bonds. The topological polar surface area (TPSA) is 63.2 Å². The molecule has 5 heteroatoms. The van der Waals surface area contributed by atoms with Crippen LogP contribution < -0.4 is 15.4 Å². The normalized spacial score (nSPS) is 10.4. The molecule has 2 N–H and O–H groups in total. The summed E-state index contributed by atoms with van der Waals surface area (Å²) in [5.74, 6) is 2.03. The number of hydrogen-bond donors (Lipinski definition) is 2. The molecule has 0 spiro atoms. The number of hydrogen-bond acceptors (Lipinski definition) is 4. The minimum atomic E-state index is -0.0742. The van der Waals surface area contributed by atoms with Crippen LogP contribution in [0.5, 0.6) is 11.5 Å². The molecular weight excluding hydrogens is 326 g/mol. The molecule has 1 heterocycles. The first-order valence-corrected chi connectivity index (χ1v) is 8.47. The van der Waals surface area contributed by atoms with E-state index >= 15 is 0 Å². The van der Waals surface area contributed by atoms with E-state index in [9.17, 15) is 4.79 Å². The number of pyridine rings is 1. The number of carbonyl (C=O) groups is 1. The lowest BCUT2D eigenvalue weighted by Gasteiger charge is -2.13. The fraction of sp³-hybridized carbons (Fsp3) is 0.143. The van der Waals surface area contributed by atoms with Gasteiger partial charge in [-0.05, 0) is 36.4 Å². The summed E-state index contributed by atoms with van der Waals surface area (Å²) in [5.41, 5.74) is 1.48. The monoisotopic (exact) mass is 347 g/mol. The van der Waals surface area contributed by atoms with Crippen LogP contribution in [0, 0.1) is 5.92 Å². The number of para-hydroxylation sites is 3. The van der Waals surface area contributed by atoms with Gasteiger partial charge in [0.1, 0.15) is 11.6 Å². The van der Waals surface area contributed by atoms with Crippen LogP contribution in [0.2, 0.25) is 0 Å². The van der Waals surface area contributed by atoms with E-state index in [1.807, 2.05) is 80.6 Å². The minimum absolute atomic E-state index is 0.0332. The van der Waals surface area contributed by atoms with Crippen molar-refractivity contribution < 1.29 is 9.53 Å². The molecule has 2 aromatic carbocycles. The zero-order valence-electron chi connectivity index (χ0n) is 14.8. The first kappa shape index (κ1) is 17.5. The molecule has 132 valence electrons. The molecule has 0 bridgehead atoms. The van der Waals surface area contributed by atoms with Gasteiger partial charge in [-0.25, -0.2) is 4.98 Å². The average Bonchev–Trinajstić information content (AvgIpc) is 2.65. The van der Waals surface area contributed by atoms with Crippen molar-refractivity contribution >= 4 is 23.1 Å². The molecule has 3 aromatic rings. The Labute approximate surface area is 153 Å². The zero-order valence-corrected chi connectivity index (χ0v) is 14.8.